The summed E-state index contributed by atoms with van der Waals surface area (Å²) >= 11 is 0. The van der Waals surface area contributed by atoms with E-state index in [9.17, 15) is 9.59 Å². The van der Waals surface area contributed by atoms with Crippen molar-refractivity contribution < 1.29 is 14.3 Å². The molecule has 2 aliphatic carbocycles. The number of hydrogen-bond acceptors (Lipinski definition) is 3. The standard InChI is InChI=1S/C17H19NO3/c1-2-21-13-7-5-12(6-8-13)18-16(19)14-10-3-4-11(9-10)15(14)17(18)20/h5-8,10-11,14-15H,2-4,9H2,1H3/t10-,11-,14-,15-/m0/s1. The highest BCUT2D eigenvalue weighted by molar-refractivity contribution is 6.22. The van der Waals surface area contributed by atoms with E-state index in [0.717, 1.165) is 25.0 Å². The number of ether oxygens (including phenoxy) is 1. The van der Waals surface area contributed by atoms with Crippen molar-refractivity contribution in [1.29, 1.82) is 0 Å². The van der Waals surface area contributed by atoms with Crippen LogP contribution >= 0.6 is 0 Å². The molecule has 1 heterocycles. The van der Waals surface area contributed by atoms with E-state index in [0.29, 0.717) is 24.1 Å². The molecular weight excluding hydrogens is 266 g/mol. The summed E-state index contributed by atoms with van der Waals surface area (Å²) < 4.78 is 5.41. The van der Waals surface area contributed by atoms with Crippen molar-refractivity contribution in [3.8, 4) is 5.75 Å². The van der Waals surface area contributed by atoms with Crippen molar-refractivity contribution in [2.75, 3.05) is 11.5 Å². The van der Waals surface area contributed by atoms with Gasteiger partial charge in [-0.05, 0) is 62.3 Å². The minimum absolute atomic E-state index is 0.0151. The summed E-state index contributed by atoms with van der Waals surface area (Å²) in [6.45, 7) is 2.53. The maximum Gasteiger partial charge on any atom is 0.237 e. The predicted molar refractivity (Wildman–Crippen MR) is 77.9 cm³/mol. The Kier molecular flexibility index (Phi) is 2.81. The molecule has 4 rings (SSSR count). The molecule has 3 fully saturated rings. The minimum Gasteiger partial charge on any atom is -0.494 e. The lowest BCUT2D eigenvalue weighted by Gasteiger charge is -2.19. The number of nitrogens with zero attached hydrogens (tertiary/aromatic N) is 1. The number of amides is 2. The van der Waals surface area contributed by atoms with E-state index in [2.05, 4.69) is 0 Å². The van der Waals surface area contributed by atoms with Crippen LogP contribution in [0, 0.1) is 23.7 Å². The maximum atomic E-state index is 12.7. The zero-order valence-corrected chi connectivity index (χ0v) is 12.1. The normalized spacial score (nSPS) is 33.7. The molecule has 0 N–H and O–H groups in total. The van der Waals surface area contributed by atoms with Crippen molar-refractivity contribution >= 4 is 17.5 Å². The Morgan fingerprint density at radius 1 is 1.05 bits per heavy atom. The van der Waals surface area contributed by atoms with Crippen LogP contribution in [-0.2, 0) is 9.59 Å². The molecule has 1 saturated heterocycles. The van der Waals surface area contributed by atoms with E-state index < -0.39 is 0 Å². The Morgan fingerprint density at radius 2 is 1.62 bits per heavy atom. The van der Waals surface area contributed by atoms with E-state index >= 15 is 0 Å². The zero-order chi connectivity index (χ0) is 14.6. The van der Waals surface area contributed by atoms with Gasteiger partial charge in [-0.25, -0.2) is 0 Å². The Balaban J connectivity index is 1.64. The van der Waals surface area contributed by atoms with Gasteiger partial charge in [-0.15, -0.1) is 0 Å². The van der Waals surface area contributed by atoms with Crippen molar-refractivity contribution in [1.82, 2.24) is 0 Å². The number of carbonyl (C=O) groups is 2. The number of rotatable bonds is 3. The van der Waals surface area contributed by atoms with Crippen molar-refractivity contribution in [2.45, 2.75) is 26.2 Å². The second-order valence-corrected chi connectivity index (χ2v) is 6.32. The summed E-state index contributed by atoms with van der Waals surface area (Å²) in [4.78, 5) is 26.8. The second kappa shape index (κ2) is 4.58. The molecule has 21 heavy (non-hydrogen) atoms. The largest absolute Gasteiger partial charge is 0.494 e. The maximum absolute atomic E-state index is 12.7. The van der Waals surface area contributed by atoms with Gasteiger partial charge in [-0.3, -0.25) is 14.5 Å². The minimum atomic E-state index is -0.0529. The Bertz CT molecular complexity index is 567. The average Bonchev–Trinajstić information content (AvgIpc) is 3.15. The van der Waals surface area contributed by atoms with Crippen LogP contribution < -0.4 is 9.64 Å². The molecule has 1 aliphatic heterocycles. The molecule has 4 heteroatoms. The number of benzene rings is 1. The van der Waals surface area contributed by atoms with Gasteiger partial charge in [0.05, 0.1) is 24.1 Å². The molecule has 0 radical (unpaired) electrons. The number of hydrogen-bond donors (Lipinski definition) is 0. The van der Waals surface area contributed by atoms with Crippen molar-refractivity contribution in [2.24, 2.45) is 23.7 Å². The van der Waals surface area contributed by atoms with E-state index in [4.69, 9.17) is 4.74 Å². The van der Waals surface area contributed by atoms with Gasteiger partial charge in [0.2, 0.25) is 11.8 Å². The lowest BCUT2D eigenvalue weighted by molar-refractivity contribution is -0.123. The molecule has 4 nitrogen and oxygen atoms in total. The lowest BCUT2D eigenvalue weighted by atomic mass is 9.81. The first-order chi connectivity index (χ1) is 10.2. The number of imide groups is 1. The third-order valence-electron chi connectivity index (χ3n) is 5.33. The number of fused-ring (bicyclic) bond motifs is 5. The highest BCUT2D eigenvalue weighted by atomic mass is 16.5. The molecule has 0 spiro atoms. The summed E-state index contributed by atoms with van der Waals surface area (Å²) in [7, 11) is 0. The van der Waals surface area contributed by atoms with Gasteiger partial charge in [0.1, 0.15) is 5.75 Å². The van der Waals surface area contributed by atoms with Gasteiger partial charge in [0, 0.05) is 0 Å². The van der Waals surface area contributed by atoms with Crippen LogP contribution in [0.4, 0.5) is 5.69 Å². The molecule has 2 amide bonds. The van der Waals surface area contributed by atoms with Crippen molar-refractivity contribution in [3.05, 3.63) is 24.3 Å². The molecule has 2 saturated carbocycles. The van der Waals surface area contributed by atoms with Crippen LogP contribution in [0.5, 0.6) is 5.75 Å². The van der Waals surface area contributed by atoms with Crippen LogP contribution in [0.3, 0.4) is 0 Å². The van der Waals surface area contributed by atoms with Crippen LogP contribution in [-0.4, -0.2) is 18.4 Å². The summed E-state index contributed by atoms with van der Waals surface area (Å²) in [5.74, 6) is 1.56. The summed E-state index contributed by atoms with van der Waals surface area (Å²) in [6, 6.07) is 7.26. The molecule has 3 aliphatic rings. The second-order valence-electron chi connectivity index (χ2n) is 6.32. The van der Waals surface area contributed by atoms with E-state index in [-0.39, 0.29) is 23.7 Å². The fourth-order valence-electron chi connectivity index (χ4n) is 4.52. The third-order valence-corrected chi connectivity index (χ3v) is 5.33. The van der Waals surface area contributed by atoms with Gasteiger partial charge < -0.3 is 4.74 Å². The molecular formula is C17H19NO3. The average molecular weight is 285 g/mol. The first-order valence-corrected chi connectivity index (χ1v) is 7.81. The van der Waals surface area contributed by atoms with Crippen LogP contribution in [0.1, 0.15) is 26.2 Å². The first-order valence-electron chi connectivity index (χ1n) is 7.81. The fourth-order valence-corrected chi connectivity index (χ4v) is 4.52. The Hall–Kier alpha value is -1.84. The summed E-state index contributed by atoms with van der Waals surface area (Å²) in [5.41, 5.74) is 0.683. The molecule has 4 atom stereocenters. The van der Waals surface area contributed by atoms with Gasteiger partial charge >= 0.3 is 0 Å². The van der Waals surface area contributed by atoms with E-state index in [1.165, 1.54) is 4.90 Å². The smallest absolute Gasteiger partial charge is 0.237 e. The van der Waals surface area contributed by atoms with Gasteiger partial charge in [-0.1, -0.05) is 0 Å². The number of carbonyl (C=O) groups excluding carboxylic acids is 2. The van der Waals surface area contributed by atoms with Crippen LogP contribution in [0.2, 0.25) is 0 Å². The molecule has 0 unspecified atom stereocenters. The predicted octanol–water partition coefficient (Wildman–Crippen LogP) is 2.62. The van der Waals surface area contributed by atoms with Gasteiger partial charge in [-0.2, -0.15) is 0 Å². The van der Waals surface area contributed by atoms with E-state index in [1.807, 2.05) is 31.2 Å². The first kappa shape index (κ1) is 12.9. The molecule has 2 bridgehead atoms. The summed E-state index contributed by atoms with van der Waals surface area (Å²) in [6.07, 6.45) is 3.30. The van der Waals surface area contributed by atoms with Crippen LogP contribution in [0.25, 0.3) is 0 Å². The zero-order valence-electron chi connectivity index (χ0n) is 12.1. The van der Waals surface area contributed by atoms with Gasteiger partial charge in [0.25, 0.3) is 0 Å². The molecule has 0 aromatic heterocycles. The quantitative estimate of drug-likeness (QED) is 0.802. The van der Waals surface area contributed by atoms with Gasteiger partial charge in [0.15, 0.2) is 0 Å². The highest BCUT2D eigenvalue weighted by Gasteiger charge is 2.61. The fraction of sp³-hybridized carbons (Fsp3) is 0.529. The molecule has 1 aromatic carbocycles. The van der Waals surface area contributed by atoms with E-state index in [1.54, 1.807) is 0 Å². The Labute approximate surface area is 124 Å². The molecule has 110 valence electrons. The Morgan fingerprint density at radius 3 is 2.14 bits per heavy atom. The highest BCUT2D eigenvalue weighted by Crippen LogP contribution is 2.56. The lowest BCUT2D eigenvalue weighted by Crippen LogP contribution is -2.32. The SMILES string of the molecule is CCOc1ccc(N2C(=O)[C@H]3[C@H]4CC[C@@H](C4)[C@@H]3C2=O)cc1. The number of anilines is 1. The summed E-state index contributed by atoms with van der Waals surface area (Å²) in [5, 5.41) is 0. The van der Waals surface area contributed by atoms with Crippen molar-refractivity contribution in [3.63, 3.8) is 0 Å². The van der Waals surface area contributed by atoms with Crippen LogP contribution in [0.15, 0.2) is 24.3 Å². The topological polar surface area (TPSA) is 46.6 Å². The third kappa shape index (κ3) is 1.74. The molecule has 1 aromatic rings. The monoisotopic (exact) mass is 285 g/mol.